The summed E-state index contributed by atoms with van der Waals surface area (Å²) in [5.74, 6) is 44.7. The van der Waals surface area contributed by atoms with Crippen molar-refractivity contribution in [3.8, 4) is 0 Å². The molecule has 0 aromatic heterocycles. The van der Waals surface area contributed by atoms with Gasteiger partial charge in [0.1, 0.15) is 0 Å². The van der Waals surface area contributed by atoms with Crippen LogP contribution in [0.5, 0.6) is 0 Å². The van der Waals surface area contributed by atoms with E-state index >= 15 is 0 Å². The maximum atomic E-state index is 12.2. The molecule has 26 bridgehead atoms. The second-order valence-electron chi connectivity index (χ2n) is 52.2. The van der Waals surface area contributed by atoms with Crippen LogP contribution in [0.25, 0.3) is 0 Å². The standard InChI is InChI=1S/4C16H22O2.2C15H20O2.C12H18O2/c1-8-2-9-3-11(8)14-10-4-12(15(9)14)16(5-10)6-13(17)18-7-16;1-8-2-9-3-11(8)15-12-4-10(14(9)15)5-16(12)6-13(17)18-7-16;1-8-4-9-5-11(8)13-10-6-12(14(9)13)16(7-10)2-3-18-15(16)17;1-8-4-9-5-11(8)14-12-6-10(13(9)14)7-16(12)2-3-18-15(16)17;1-6-2-7-3-8(6)13-9-4-10(12(7)13)14-11(9)5-17-15(14)16;1-6-2-7-3-8(6)13-10-4-9(12(7)13)11-5-17-15(16)14(10)11;1-7-8(2)10-5-9(7)6-12(10)3-4-14-11(12)13/h2*8-12,14-15H,2-7H2,1H3;2*8-14H,2-7H2,1H3;2*6-14H,2-5H2,1H3;7-10H,3-6H2,1-2H3. The van der Waals surface area contributed by atoms with E-state index in [1.807, 2.05) is 0 Å². The van der Waals surface area contributed by atoms with Gasteiger partial charge in [-0.05, 0) is 446 Å². The zero-order chi connectivity index (χ0) is 80.8. The number of carbonyl (C=O) groups excluding carboxylic acids is 7. The van der Waals surface area contributed by atoms with Crippen LogP contribution in [-0.4, -0.2) is 88.0 Å². The second kappa shape index (κ2) is 26.1. The van der Waals surface area contributed by atoms with E-state index < -0.39 is 0 Å². The zero-order valence-corrected chi connectivity index (χ0v) is 74.0. The average molecular weight is 1640 g/mol. The van der Waals surface area contributed by atoms with Gasteiger partial charge in [-0.1, -0.05) is 55.4 Å². The first-order valence-corrected chi connectivity index (χ1v) is 52.1. The molecule has 33 aliphatic rings. The van der Waals surface area contributed by atoms with Crippen LogP contribution in [0.1, 0.15) is 242 Å². The molecule has 120 heavy (non-hydrogen) atoms. The first-order chi connectivity index (χ1) is 57.9. The van der Waals surface area contributed by atoms with Gasteiger partial charge in [-0.25, -0.2) is 0 Å². The monoisotopic (exact) mass is 1640 g/mol. The van der Waals surface area contributed by atoms with E-state index in [-0.39, 0.29) is 68.9 Å². The number of hydrogen-bond acceptors (Lipinski definition) is 14. The minimum absolute atomic E-state index is 0.0143. The molecule has 33 rings (SSSR count). The van der Waals surface area contributed by atoms with Gasteiger partial charge < -0.3 is 33.2 Å². The summed E-state index contributed by atoms with van der Waals surface area (Å²) >= 11 is 0. The Balaban J connectivity index is 0.0000000741. The summed E-state index contributed by atoms with van der Waals surface area (Å²) < 4.78 is 37.3. The molecule has 5 spiro atoms. The molecule has 55 unspecified atom stereocenters. The third kappa shape index (κ3) is 9.83. The van der Waals surface area contributed by atoms with Crippen LogP contribution >= 0.6 is 0 Å². The van der Waals surface area contributed by atoms with E-state index in [2.05, 4.69) is 55.4 Å². The summed E-state index contributed by atoms with van der Waals surface area (Å²) in [7, 11) is 0. The lowest BCUT2D eigenvalue weighted by molar-refractivity contribution is -0.152. The van der Waals surface area contributed by atoms with Crippen molar-refractivity contribution in [2.45, 2.75) is 242 Å². The van der Waals surface area contributed by atoms with Crippen molar-refractivity contribution in [3.63, 3.8) is 0 Å². The Morgan fingerprint density at radius 2 is 0.558 bits per heavy atom. The summed E-state index contributed by atoms with van der Waals surface area (Å²) in [5.41, 5.74) is 0.496. The molecule has 26 aliphatic carbocycles. The number of fused-ring (bicyclic) bond motifs is 67. The molecule has 7 heterocycles. The highest BCUT2D eigenvalue weighted by atomic mass is 16.6. The molecule has 0 aromatic rings. The summed E-state index contributed by atoms with van der Waals surface area (Å²) in [5, 5.41) is 0. The van der Waals surface area contributed by atoms with Crippen LogP contribution in [-0.2, 0) is 66.7 Å². The Bertz CT molecular complexity index is 4300. The molecule has 0 radical (unpaired) electrons. The molecule has 55 atom stereocenters. The van der Waals surface area contributed by atoms with Crippen LogP contribution in [0, 0.1) is 323 Å². The summed E-state index contributed by atoms with van der Waals surface area (Å²) in [6, 6.07) is 0. The first kappa shape index (κ1) is 76.3. The van der Waals surface area contributed by atoms with Crippen LogP contribution in [0.4, 0.5) is 0 Å². The molecular formula is C106H146O14. The highest BCUT2D eigenvalue weighted by molar-refractivity contribution is 5.82. The Hall–Kier alpha value is -3.71. The van der Waals surface area contributed by atoms with Crippen molar-refractivity contribution in [2.75, 3.05) is 46.2 Å². The zero-order valence-electron chi connectivity index (χ0n) is 74.0. The Kier molecular flexibility index (Phi) is 16.6. The number of cyclic esters (lactones) is 7. The fourth-order valence-corrected chi connectivity index (χ4v) is 47.0. The number of carbonyl (C=O) groups is 7. The van der Waals surface area contributed by atoms with Gasteiger partial charge in [0.05, 0.1) is 87.2 Å². The fraction of sp³-hybridized carbons (Fsp3) is 0.934. The minimum atomic E-state index is -0.0450. The summed E-state index contributed by atoms with van der Waals surface area (Å²) in [4.78, 5) is 83.2. The van der Waals surface area contributed by atoms with E-state index in [1.165, 1.54) is 148 Å². The molecular weight excluding hydrogens is 1500 g/mol. The van der Waals surface area contributed by atoms with Gasteiger partial charge in [0, 0.05) is 22.7 Å². The molecule has 0 N–H and O–H groups in total. The van der Waals surface area contributed by atoms with Crippen molar-refractivity contribution < 1.29 is 66.7 Å². The molecule has 26 saturated carbocycles. The number of ether oxygens (including phenoxy) is 7. The number of rotatable bonds is 0. The van der Waals surface area contributed by atoms with Crippen molar-refractivity contribution in [2.24, 2.45) is 323 Å². The quantitative estimate of drug-likeness (QED) is 0.127. The number of esters is 7. The molecule has 0 amide bonds. The van der Waals surface area contributed by atoms with Crippen LogP contribution < -0.4 is 0 Å². The van der Waals surface area contributed by atoms with E-state index in [4.69, 9.17) is 33.2 Å². The van der Waals surface area contributed by atoms with Crippen molar-refractivity contribution in [1.82, 2.24) is 0 Å². The third-order valence-electron chi connectivity index (χ3n) is 49.7. The average Bonchev–Trinajstić information content (AvgIpc) is 1.53. The van der Waals surface area contributed by atoms with E-state index in [0.29, 0.717) is 73.1 Å². The smallest absolute Gasteiger partial charge is 0.312 e. The lowest BCUT2D eigenvalue weighted by Gasteiger charge is -2.44. The lowest BCUT2D eigenvalue weighted by Crippen LogP contribution is -2.43. The van der Waals surface area contributed by atoms with E-state index in [0.717, 1.165) is 308 Å². The Labute approximate surface area is 715 Å². The SMILES string of the molecule is CC1C2CC(C1C)C1(CCOC1=O)C2.CC1CC2CC1C1C2C2CC1C1(CCOC1=O)C2.CC1CC2CC1C1C2C2CC1C1(COC(=O)C1)C2.CC1CC2CC1C1C3CC(C21)C1(CCOC1=O)C3.CC1CC2CC1C1C3CC(C21)C1(COC(=O)C1)C3.CC1CC2CC1C1C3CC(C4C(=O)OCC34)C21.CC1CC2CC1C1C3CC(C4COC(=O)C43)C21. The Morgan fingerprint density at radius 1 is 0.242 bits per heavy atom. The highest BCUT2D eigenvalue weighted by Crippen LogP contribution is 2.81. The molecule has 654 valence electrons. The predicted molar refractivity (Wildman–Crippen MR) is 443 cm³/mol. The maximum absolute atomic E-state index is 12.2. The summed E-state index contributed by atoms with van der Waals surface area (Å²) in [6.45, 7) is 24.5. The molecule has 7 aliphatic heterocycles. The van der Waals surface area contributed by atoms with Crippen molar-refractivity contribution in [3.05, 3.63) is 0 Å². The molecule has 0 aromatic carbocycles. The molecule has 7 saturated heterocycles. The first-order valence-electron chi connectivity index (χ1n) is 52.1. The topological polar surface area (TPSA) is 184 Å². The van der Waals surface area contributed by atoms with Gasteiger partial charge in [0.15, 0.2) is 0 Å². The van der Waals surface area contributed by atoms with Gasteiger partial charge in [0.25, 0.3) is 0 Å². The minimum Gasteiger partial charge on any atom is -0.465 e. The highest BCUT2D eigenvalue weighted by Gasteiger charge is 2.78. The van der Waals surface area contributed by atoms with Crippen LogP contribution in [0.2, 0.25) is 0 Å². The predicted octanol–water partition coefficient (Wildman–Crippen LogP) is 18.4. The van der Waals surface area contributed by atoms with Gasteiger partial charge in [-0.3, -0.25) is 33.6 Å². The maximum Gasteiger partial charge on any atom is 0.312 e. The van der Waals surface area contributed by atoms with Gasteiger partial charge in [-0.2, -0.15) is 0 Å². The van der Waals surface area contributed by atoms with Gasteiger partial charge in [-0.15, -0.1) is 0 Å². The fourth-order valence-electron chi connectivity index (χ4n) is 47.0. The van der Waals surface area contributed by atoms with E-state index in [9.17, 15) is 33.6 Å². The van der Waals surface area contributed by atoms with E-state index in [1.54, 1.807) is 0 Å². The lowest BCUT2D eigenvalue weighted by atomic mass is 9.59. The van der Waals surface area contributed by atoms with Crippen LogP contribution in [0.15, 0.2) is 0 Å². The normalized spacial score (nSPS) is 63.5. The summed E-state index contributed by atoms with van der Waals surface area (Å²) in [6.07, 6.45) is 37.9. The molecule has 14 nitrogen and oxygen atoms in total. The van der Waals surface area contributed by atoms with Gasteiger partial charge >= 0.3 is 41.8 Å². The molecule has 33 fully saturated rings. The van der Waals surface area contributed by atoms with Crippen molar-refractivity contribution >= 4 is 41.8 Å². The third-order valence-corrected chi connectivity index (χ3v) is 49.7. The Morgan fingerprint density at radius 3 is 0.992 bits per heavy atom. The van der Waals surface area contributed by atoms with Gasteiger partial charge in [0.2, 0.25) is 0 Å². The van der Waals surface area contributed by atoms with Crippen LogP contribution in [0.3, 0.4) is 0 Å². The second-order valence-corrected chi connectivity index (χ2v) is 52.2. The molecule has 14 heteroatoms. The van der Waals surface area contributed by atoms with Crippen molar-refractivity contribution in [1.29, 1.82) is 0 Å². The number of hydrogen-bond donors (Lipinski definition) is 0. The largest absolute Gasteiger partial charge is 0.465 e.